The van der Waals surface area contributed by atoms with Crippen LogP contribution in [0, 0.1) is 11.6 Å². The van der Waals surface area contributed by atoms with Crippen LogP contribution >= 0.6 is 11.6 Å². The van der Waals surface area contributed by atoms with Gasteiger partial charge in [-0.05, 0) is 47.9 Å². The molecule has 0 saturated carbocycles. The average molecular weight is 278 g/mol. The van der Waals surface area contributed by atoms with E-state index in [1.54, 1.807) is 16.7 Å². The minimum atomic E-state index is -0.317. The molecule has 3 rings (SSSR count). The quantitative estimate of drug-likeness (QED) is 0.644. The van der Waals surface area contributed by atoms with E-state index in [0.29, 0.717) is 17.1 Å². The molecule has 0 amide bonds. The monoisotopic (exact) mass is 277 g/mol. The Labute approximate surface area is 114 Å². The standard InChI is InChI=1S/C15H10ClF2N/c16-12-2-4-14(18)11(7-12)9-19-6-5-10-1-3-13(17)8-15(10)19/h1-8H,9H2. The summed E-state index contributed by atoms with van der Waals surface area (Å²) in [5, 5.41) is 1.41. The van der Waals surface area contributed by atoms with Crippen molar-refractivity contribution in [2.75, 3.05) is 0 Å². The summed E-state index contributed by atoms with van der Waals surface area (Å²) in [6.45, 7) is 0.319. The largest absolute Gasteiger partial charge is 0.343 e. The minimum Gasteiger partial charge on any atom is -0.343 e. The number of hydrogen-bond acceptors (Lipinski definition) is 0. The lowest BCUT2D eigenvalue weighted by atomic mass is 10.2. The Morgan fingerprint density at radius 1 is 1.00 bits per heavy atom. The van der Waals surface area contributed by atoms with Crippen LogP contribution in [0.3, 0.4) is 0 Å². The number of aromatic nitrogens is 1. The van der Waals surface area contributed by atoms with Crippen molar-refractivity contribution < 1.29 is 8.78 Å². The van der Waals surface area contributed by atoms with Gasteiger partial charge in [0.15, 0.2) is 0 Å². The first-order valence-electron chi connectivity index (χ1n) is 5.82. The molecule has 0 spiro atoms. The van der Waals surface area contributed by atoms with Gasteiger partial charge < -0.3 is 4.57 Å². The molecule has 0 fully saturated rings. The molecular weight excluding hydrogens is 268 g/mol. The zero-order valence-electron chi connectivity index (χ0n) is 9.91. The molecule has 0 radical (unpaired) electrons. The molecule has 1 heterocycles. The summed E-state index contributed by atoms with van der Waals surface area (Å²) in [6, 6.07) is 10.9. The van der Waals surface area contributed by atoms with Gasteiger partial charge in [0.05, 0.1) is 12.1 Å². The van der Waals surface area contributed by atoms with Crippen molar-refractivity contribution >= 4 is 22.5 Å². The van der Waals surface area contributed by atoms with E-state index >= 15 is 0 Å². The molecule has 0 aliphatic heterocycles. The number of hydrogen-bond donors (Lipinski definition) is 0. The van der Waals surface area contributed by atoms with Crippen LogP contribution in [0.5, 0.6) is 0 Å². The predicted molar refractivity (Wildman–Crippen MR) is 72.4 cm³/mol. The van der Waals surface area contributed by atoms with Gasteiger partial charge in [0.1, 0.15) is 11.6 Å². The van der Waals surface area contributed by atoms with Crippen LogP contribution in [0.4, 0.5) is 8.78 Å². The Hall–Kier alpha value is -1.87. The zero-order valence-corrected chi connectivity index (χ0v) is 10.7. The van der Waals surface area contributed by atoms with Gasteiger partial charge >= 0.3 is 0 Å². The second kappa shape index (κ2) is 4.67. The van der Waals surface area contributed by atoms with Crippen molar-refractivity contribution in [3.8, 4) is 0 Å². The molecule has 0 aliphatic carbocycles. The molecule has 0 unspecified atom stereocenters. The van der Waals surface area contributed by atoms with Crippen LogP contribution in [0.15, 0.2) is 48.7 Å². The SMILES string of the molecule is Fc1ccc2ccn(Cc3cc(Cl)ccc3F)c2c1. The topological polar surface area (TPSA) is 4.93 Å². The molecule has 0 bridgehead atoms. The highest BCUT2D eigenvalue weighted by molar-refractivity contribution is 6.30. The second-order valence-corrected chi connectivity index (χ2v) is 4.82. The maximum atomic E-state index is 13.7. The lowest BCUT2D eigenvalue weighted by molar-refractivity contribution is 0.601. The molecule has 4 heteroatoms. The number of benzene rings is 2. The van der Waals surface area contributed by atoms with E-state index in [0.717, 1.165) is 10.9 Å². The van der Waals surface area contributed by atoms with Crippen molar-refractivity contribution in [3.05, 3.63) is 70.9 Å². The fourth-order valence-corrected chi connectivity index (χ4v) is 2.34. The lowest BCUT2D eigenvalue weighted by Gasteiger charge is -2.07. The Balaban J connectivity index is 2.05. The molecule has 1 nitrogen and oxygen atoms in total. The minimum absolute atomic E-state index is 0.306. The third kappa shape index (κ3) is 2.34. The summed E-state index contributed by atoms with van der Waals surface area (Å²) >= 11 is 5.86. The molecule has 0 saturated heterocycles. The van der Waals surface area contributed by atoms with Gasteiger partial charge in [0.25, 0.3) is 0 Å². The van der Waals surface area contributed by atoms with E-state index in [4.69, 9.17) is 11.6 Å². The molecular formula is C15H10ClF2N. The van der Waals surface area contributed by atoms with Crippen LogP contribution < -0.4 is 0 Å². The van der Waals surface area contributed by atoms with E-state index in [1.165, 1.54) is 24.3 Å². The average Bonchev–Trinajstić information content (AvgIpc) is 2.77. The first kappa shape index (κ1) is 12.2. The third-order valence-electron chi connectivity index (χ3n) is 3.08. The molecule has 2 aromatic carbocycles. The van der Waals surface area contributed by atoms with Gasteiger partial charge in [0, 0.05) is 16.8 Å². The van der Waals surface area contributed by atoms with Gasteiger partial charge in [-0.2, -0.15) is 0 Å². The summed E-state index contributed by atoms with van der Waals surface area (Å²) in [7, 11) is 0. The van der Waals surface area contributed by atoms with Crippen molar-refractivity contribution in [2.45, 2.75) is 6.54 Å². The highest BCUT2D eigenvalue weighted by Gasteiger charge is 2.07. The zero-order chi connectivity index (χ0) is 13.4. The molecule has 0 N–H and O–H groups in total. The van der Waals surface area contributed by atoms with E-state index < -0.39 is 0 Å². The Bertz CT molecular complexity index is 749. The highest BCUT2D eigenvalue weighted by Crippen LogP contribution is 2.21. The predicted octanol–water partition coefficient (Wildman–Crippen LogP) is 4.62. The number of rotatable bonds is 2. The van der Waals surface area contributed by atoms with Crippen LogP contribution in [-0.4, -0.2) is 4.57 Å². The third-order valence-corrected chi connectivity index (χ3v) is 3.32. The van der Waals surface area contributed by atoms with E-state index in [-0.39, 0.29) is 11.6 Å². The van der Waals surface area contributed by atoms with Crippen molar-refractivity contribution in [1.29, 1.82) is 0 Å². The van der Waals surface area contributed by atoms with Crippen LogP contribution in [0.2, 0.25) is 5.02 Å². The van der Waals surface area contributed by atoms with E-state index in [1.807, 2.05) is 12.3 Å². The molecule has 0 atom stereocenters. The van der Waals surface area contributed by atoms with E-state index in [2.05, 4.69) is 0 Å². The summed E-state index contributed by atoms with van der Waals surface area (Å²) in [5.41, 5.74) is 1.22. The Kier molecular flexibility index (Phi) is 2.99. The molecule has 3 aromatic rings. The molecule has 1 aromatic heterocycles. The maximum Gasteiger partial charge on any atom is 0.128 e. The van der Waals surface area contributed by atoms with Gasteiger partial charge in [-0.3, -0.25) is 0 Å². The first-order valence-corrected chi connectivity index (χ1v) is 6.19. The number of nitrogens with zero attached hydrogens (tertiary/aromatic N) is 1. The van der Waals surface area contributed by atoms with Crippen LogP contribution in [0.25, 0.3) is 10.9 Å². The fraction of sp³-hybridized carbons (Fsp3) is 0.0667. The van der Waals surface area contributed by atoms with Crippen LogP contribution in [0.1, 0.15) is 5.56 Å². The van der Waals surface area contributed by atoms with E-state index in [9.17, 15) is 8.78 Å². The van der Waals surface area contributed by atoms with Crippen LogP contribution in [-0.2, 0) is 6.54 Å². The first-order chi connectivity index (χ1) is 9.13. The lowest BCUT2D eigenvalue weighted by Crippen LogP contribution is -2.00. The van der Waals surface area contributed by atoms with Crippen molar-refractivity contribution in [2.24, 2.45) is 0 Å². The van der Waals surface area contributed by atoms with Gasteiger partial charge in [-0.15, -0.1) is 0 Å². The normalized spacial score (nSPS) is 11.1. The smallest absolute Gasteiger partial charge is 0.128 e. The fourth-order valence-electron chi connectivity index (χ4n) is 2.14. The highest BCUT2D eigenvalue weighted by atomic mass is 35.5. The second-order valence-electron chi connectivity index (χ2n) is 4.38. The van der Waals surface area contributed by atoms with Gasteiger partial charge in [0.2, 0.25) is 0 Å². The Morgan fingerprint density at radius 3 is 2.68 bits per heavy atom. The summed E-state index contributed by atoms with van der Waals surface area (Å²) in [5.74, 6) is -0.623. The number of fused-ring (bicyclic) bond motifs is 1. The summed E-state index contributed by atoms with van der Waals surface area (Å²) < 4.78 is 28.8. The summed E-state index contributed by atoms with van der Waals surface area (Å²) in [6.07, 6.45) is 1.81. The molecule has 96 valence electrons. The summed E-state index contributed by atoms with van der Waals surface area (Å²) in [4.78, 5) is 0. The number of halogens is 3. The van der Waals surface area contributed by atoms with Crippen molar-refractivity contribution in [3.63, 3.8) is 0 Å². The van der Waals surface area contributed by atoms with Crippen molar-refractivity contribution in [1.82, 2.24) is 4.57 Å². The molecule has 19 heavy (non-hydrogen) atoms. The Morgan fingerprint density at radius 2 is 1.84 bits per heavy atom. The van der Waals surface area contributed by atoms with Gasteiger partial charge in [-0.25, -0.2) is 8.78 Å². The van der Waals surface area contributed by atoms with Gasteiger partial charge in [-0.1, -0.05) is 11.6 Å². The molecule has 0 aliphatic rings. The maximum absolute atomic E-state index is 13.7.